The van der Waals surface area contributed by atoms with Gasteiger partial charge in [-0.15, -0.1) is 0 Å². The molecule has 1 aromatic rings. The van der Waals surface area contributed by atoms with E-state index in [1.807, 2.05) is 26.2 Å². The number of aromatic nitrogens is 2. The molecule has 0 spiro atoms. The van der Waals surface area contributed by atoms with Crippen LogP contribution in [0.5, 0.6) is 6.01 Å². The highest BCUT2D eigenvalue weighted by Gasteiger charge is 2.14. The predicted octanol–water partition coefficient (Wildman–Crippen LogP) is 1.01. The summed E-state index contributed by atoms with van der Waals surface area (Å²) < 4.78 is 5.43. The second kappa shape index (κ2) is 6.11. The quantitative estimate of drug-likeness (QED) is 0.798. The van der Waals surface area contributed by atoms with Crippen molar-refractivity contribution in [3.05, 3.63) is 18.0 Å². The van der Waals surface area contributed by atoms with Gasteiger partial charge in [0.1, 0.15) is 0 Å². The van der Waals surface area contributed by atoms with Gasteiger partial charge in [-0.25, -0.2) is 9.97 Å². The van der Waals surface area contributed by atoms with E-state index < -0.39 is 0 Å². The summed E-state index contributed by atoms with van der Waals surface area (Å²) in [5, 5.41) is 0. The van der Waals surface area contributed by atoms with E-state index in [-0.39, 0.29) is 6.10 Å². The fourth-order valence-electron chi connectivity index (χ4n) is 1.96. The first-order valence-corrected chi connectivity index (χ1v) is 6.52. The van der Waals surface area contributed by atoms with Crippen molar-refractivity contribution >= 4 is 0 Å². The van der Waals surface area contributed by atoms with E-state index in [9.17, 15) is 0 Å². The Bertz CT molecular complexity index is 358. The lowest BCUT2D eigenvalue weighted by Crippen LogP contribution is -2.43. The lowest BCUT2D eigenvalue weighted by Gasteiger charge is -2.32. The zero-order chi connectivity index (χ0) is 13.0. The minimum atomic E-state index is 0.119. The van der Waals surface area contributed by atoms with Crippen LogP contribution in [0.15, 0.2) is 12.4 Å². The van der Waals surface area contributed by atoms with E-state index in [4.69, 9.17) is 4.74 Å². The highest BCUT2D eigenvalue weighted by Crippen LogP contribution is 2.09. The van der Waals surface area contributed by atoms with Crippen LogP contribution in [-0.2, 0) is 6.54 Å². The molecular formula is C13H22N4O. The molecule has 0 bridgehead atoms. The standard InChI is InChI=1S/C13H22N4O/c1-11(2)18-13-14-8-12(9-15-13)10-17-6-4-16(3)5-7-17/h8-9,11H,4-7,10H2,1-3H3. The highest BCUT2D eigenvalue weighted by molar-refractivity contribution is 5.07. The molecule has 18 heavy (non-hydrogen) atoms. The molecule has 0 saturated carbocycles. The van der Waals surface area contributed by atoms with Gasteiger partial charge >= 0.3 is 6.01 Å². The van der Waals surface area contributed by atoms with Gasteiger partial charge in [-0.2, -0.15) is 0 Å². The van der Waals surface area contributed by atoms with Crippen LogP contribution in [0.1, 0.15) is 19.4 Å². The fraction of sp³-hybridized carbons (Fsp3) is 0.692. The summed E-state index contributed by atoms with van der Waals surface area (Å²) in [5.74, 6) is 0. The Balaban J connectivity index is 1.86. The van der Waals surface area contributed by atoms with Crippen LogP contribution < -0.4 is 4.74 Å². The van der Waals surface area contributed by atoms with Crippen molar-refractivity contribution < 1.29 is 4.74 Å². The minimum absolute atomic E-state index is 0.119. The summed E-state index contributed by atoms with van der Waals surface area (Å²) in [6, 6.07) is 0.465. The van der Waals surface area contributed by atoms with Gasteiger partial charge in [0, 0.05) is 50.7 Å². The number of rotatable bonds is 4. The average molecular weight is 250 g/mol. The van der Waals surface area contributed by atoms with Gasteiger partial charge in [0.25, 0.3) is 0 Å². The van der Waals surface area contributed by atoms with Crippen molar-refractivity contribution in [3.63, 3.8) is 0 Å². The summed E-state index contributed by atoms with van der Waals surface area (Å²) in [5.41, 5.74) is 1.15. The van der Waals surface area contributed by atoms with E-state index in [1.54, 1.807) is 0 Å². The fourth-order valence-corrected chi connectivity index (χ4v) is 1.96. The van der Waals surface area contributed by atoms with Gasteiger partial charge in [-0.05, 0) is 20.9 Å². The Hall–Kier alpha value is -1.20. The molecule has 1 fully saturated rings. The molecule has 100 valence electrons. The molecule has 1 aromatic heterocycles. The molecule has 0 unspecified atom stereocenters. The monoisotopic (exact) mass is 250 g/mol. The molecular weight excluding hydrogens is 228 g/mol. The minimum Gasteiger partial charge on any atom is -0.461 e. The first-order chi connectivity index (χ1) is 8.63. The van der Waals surface area contributed by atoms with Gasteiger partial charge < -0.3 is 9.64 Å². The van der Waals surface area contributed by atoms with Crippen LogP contribution in [0.4, 0.5) is 0 Å². The van der Waals surface area contributed by atoms with Gasteiger partial charge in [-0.3, -0.25) is 4.90 Å². The Morgan fingerprint density at radius 2 is 1.78 bits per heavy atom. The smallest absolute Gasteiger partial charge is 0.316 e. The zero-order valence-corrected chi connectivity index (χ0v) is 11.5. The summed E-state index contributed by atoms with van der Waals surface area (Å²) in [7, 11) is 2.17. The van der Waals surface area contributed by atoms with Crippen molar-refractivity contribution in [1.29, 1.82) is 0 Å². The molecule has 0 radical (unpaired) electrons. The topological polar surface area (TPSA) is 41.5 Å². The van der Waals surface area contributed by atoms with E-state index >= 15 is 0 Å². The Morgan fingerprint density at radius 1 is 1.17 bits per heavy atom. The molecule has 5 heteroatoms. The van der Waals surface area contributed by atoms with Gasteiger partial charge in [-0.1, -0.05) is 0 Å². The molecule has 1 saturated heterocycles. The van der Waals surface area contributed by atoms with Crippen LogP contribution >= 0.6 is 0 Å². The number of hydrogen-bond acceptors (Lipinski definition) is 5. The molecule has 1 aliphatic heterocycles. The number of nitrogens with zero attached hydrogens (tertiary/aromatic N) is 4. The lowest BCUT2D eigenvalue weighted by molar-refractivity contribution is 0.147. The third-order valence-corrected chi connectivity index (χ3v) is 3.02. The van der Waals surface area contributed by atoms with Crippen LogP contribution in [0.3, 0.4) is 0 Å². The average Bonchev–Trinajstić information content (AvgIpc) is 2.34. The Labute approximate surface area is 109 Å². The first kappa shape index (κ1) is 13.2. The SMILES string of the molecule is CC(C)Oc1ncc(CN2CCN(C)CC2)cn1. The third-order valence-electron chi connectivity index (χ3n) is 3.02. The molecule has 1 aliphatic rings. The maximum absolute atomic E-state index is 5.43. The maximum Gasteiger partial charge on any atom is 0.316 e. The van der Waals surface area contributed by atoms with Crippen LogP contribution in [0, 0.1) is 0 Å². The van der Waals surface area contributed by atoms with E-state index in [1.165, 1.54) is 0 Å². The van der Waals surface area contributed by atoms with Crippen molar-refractivity contribution in [2.24, 2.45) is 0 Å². The number of likely N-dealkylation sites (N-methyl/N-ethyl adjacent to an activating group) is 1. The van der Waals surface area contributed by atoms with Crippen LogP contribution in [0.25, 0.3) is 0 Å². The third kappa shape index (κ3) is 3.92. The lowest BCUT2D eigenvalue weighted by atomic mass is 10.2. The molecule has 0 aliphatic carbocycles. The maximum atomic E-state index is 5.43. The van der Waals surface area contributed by atoms with E-state index in [0.717, 1.165) is 38.3 Å². The molecule has 0 aromatic carbocycles. The van der Waals surface area contributed by atoms with Gasteiger partial charge in [0.15, 0.2) is 0 Å². The summed E-state index contributed by atoms with van der Waals surface area (Å²) in [6.07, 6.45) is 3.85. The molecule has 0 amide bonds. The van der Waals surface area contributed by atoms with Crippen LogP contribution in [0.2, 0.25) is 0 Å². The Morgan fingerprint density at radius 3 is 2.33 bits per heavy atom. The molecule has 2 rings (SSSR count). The van der Waals surface area contributed by atoms with Crippen molar-refractivity contribution in [1.82, 2.24) is 19.8 Å². The predicted molar refractivity (Wildman–Crippen MR) is 70.6 cm³/mol. The molecule has 5 nitrogen and oxygen atoms in total. The van der Waals surface area contributed by atoms with Gasteiger partial charge in [0.2, 0.25) is 0 Å². The summed E-state index contributed by atoms with van der Waals surface area (Å²) >= 11 is 0. The zero-order valence-electron chi connectivity index (χ0n) is 11.5. The first-order valence-electron chi connectivity index (χ1n) is 6.52. The Kier molecular flexibility index (Phi) is 4.49. The van der Waals surface area contributed by atoms with Crippen molar-refractivity contribution in [2.45, 2.75) is 26.5 Å². The highest BCUT2D eigenvalue weighted by atomic mass is 16.5. The number of ether oxygens (including phenoxy) is 1. The summed E-state index contributed by atoms with van der Waals surface area (Å²) in [4.78, 5) is 13.2. The number of hydrogen-bond donors (Lipinski definition) is 0. The molecule has 0 N–H and O–H groups in total. The molecule has 2 heterocycles. The van der Waals surface area contributed by atoms with Crippen molar-refractivity contribution in [2.75, 3.05) is 33.2 Å². The van der Waals surface area contributed by atoms with E-state index in [2.05, 4.69) is 26.8 Å². The molecule has 0 atom stereocenters. The largest absolute Gasteiger partial charge is 0.461 e. The van der Waals surface area contributed by atoms with Crippen LogP contribution in [-0.4, -0.2) is 59.1 Å². The second-order valence-electron chi connectivity index (χ2n) is 5.12. The number of piperazine rings is 1. The second-order valence-corrected chi connectivity index (χ2v) is 5.12. The summed E-state index contributed by atoms with van der Waals surface area (Å²) in [6.45, 7) is 9.37. The van der Waals surface area contributed by atoms with E-state index in [0.29, 0.717) is 6.01 Å². The van der Waals surface area contributed by atoms with Gasteiger partial charge in [0.05, 0.1) is 6.10 Å². The normalized spacial score (nSPS) is 18.2. The van der Waals surface area contributed by atoms with Crippen molar-refractivity contribution in [3.8, 4) is 6.01 Å².